The van der Waals surface area contributed by atoms with Gasteiger partial charge in [-0.2, -0.15) is 0 Å². The van der Waals surface area contributed by atoms with Crippen LogP contribution in [0.25, 0.3) is 0 Å². The fraction of sp³-hybridized carbons (Fsp3) is 0.571. The Balaban J connectivity index is 2.31. The zero-order valence-corrected chi connectivity index (χ0v) is 10.4. The summed E-state index contributed by atoms with van der Waals surface area (Å²) in [4.78, 5) is 0. The maximum Gasteiger partial charge on any atom is 0.0681 e. The number of aliphatic hydroxyl groups is 1. The first-order valence-electron chi connectivity index (χ1n) is 6.15. The molecule has 0 bridgehead atoms. The predicted molar refractivity (Wildman–Crippen MR) is 68.1 cm³/mol. The standard InChI is InChI=1S/C14H23NO/c1-3-5-12(2)9-15-10-13-6-4-7-14(8-13)11-16/h4,6-8,12,15-16H,3,5,9-11H2,1-2H3. The lowest BCUT2D eigenvalue weighted by molar-refractivity contribution is 0.281. The van der Waals surface area contributed by atoms with Crippen LogP contribution < -0.4 is 5.32 Å². The number of benzene rings is 1. The van der Waals surface area contributed by atoms with Crippen molar-refractivity contribution in [1.82, 2.24) is 5.32 Å². The van der Waals surface area contributed by atoms with Gasteiger partial charge in [-0.15, -0.1) is 0 Å². The van der Waals surface area contributed by atoms with Gasteiger partial charge in [0.1, 0.15) is 0 Å². The fourth-order valence-electron chi connectivity index (χ4n) is 1.90. The molecular formula is C14H23NO. The lowest BCUT2D eigenvalue weighted by Crippen LogP contribution is -2.20. The molecule has 16 heavy (non-hydrogen) atoms. The summed E-state index contributed by atoms with van der Waals surface area (Å²) in [6, 6.07) is 8.09. The molecule has 0 aliphatic rings. The van der Waals surface area contributed by atoms with Crippen molar-refractivity contribution in [1.29, 1.82) is 0 Å². The number of hydrogen-bond acceptors (Lipinski definition) is 2. The van der Waals surface area contributed by atoms with Gasteiger partial charge in [-0.3, -0.25) is 0 Å². The molecular weight excluding hydrogens is 198 g/mol. The highest BCUT2D eigenvalue weighted by Gasteiger charge is 2.00. The molecule has 90 valence electrons. The maximum absolute atomic E-state index is 9.03. The molecule has 1 rings (SSSR count). The van der Waals surface area contributed by atoms with Crippen LogP contribution in [0.15, 0.2) is 24.3 Å². The summed E-state index contributed by atoms with van der Waals surface area (Å²) < 4.78 is 0. The first kappa shape index (κ1) is 13.2. The van der Waals surface area contributed by atoms with Crippen molar-refractivity contribution in [2.45, 2.75) is 39.8 Å². The van der Waals surface area contributed by atoms with Gasteiger partial charge in [0.05, 0.1) is 6.61 Å². The molecule has 0 saturated heterocycles. The van der Waals surface area contributed by atoms with Gasteiger partial charge in [0, 0.05) is 6.54 Å². The summed E-state index contributed by atoms with van der Waals surface area (Å²) in [5, 5.41) is 12.5. The minimum Gasteiger partial charge on any atom is -0.392 e. The summed E-state index contributed by atoms with van der Waals surface area (Å²) in [6.07, 6.45) is 2.53. The third kappa shape index (κ3) is 4.77. The molecule has 0 heterocycles. The van der Waals surface area contributed by atoms with Crippen LogP contribution in [0.3, 0.4) is 0 Å². The van der Waals surface area contributed by atoms with Crippen LogP contribution in [0.4, 0.5) is 0 Å². The lowest BCUT2D eigenvalue weighted by Gasteiger charge is -2.11. The van der Waals surface area contributed by atoms with Crippen molar-refractivity contribution in [2.24, 2.45) is 5.92 Å². The smallest absolute Gasteiger partial charge is 0.0681 e. The van der Waals surface area contributed by atoms with Gasteiger partial charge in [-0.25, -0.2) is 0 Å². The van der Waals surface area contributed by atoms with Crippen LogP contribution in [0.5, 0.6) is 0 Å². The lowest BCUT2D eigenvalue weighted by atomic mass is 10.1. The van der Waals surface area contributed by atoms with Gasteiger partial charge in [-0.1, -0.05) is 44.5 Å². The minimum atomic E-state index is 0.125. The van der Waals surface area contributed by atoms with Crippen LogP contribution in [0.1, 0.15) is 37.8 Å². The Kier molecular flexibility index (Phi) is 6.12. The van der Waals surface area contributed by atoms with E-state index in [1.54, 1.807) is 0 Å². The molecule has 1 atom stereocenters. The zero-order chi connectivity index (χ0) is 11.8. The highest BCUT2D eigenvalue weighted by Crippen LogP contribution is 2.06. The summed E-state index contributed by atoms with van der Waals surface area (Å²) in [7, 11) is 0. The van der Waals surface area contributed by atoms with Gasteiger partial charge in [-0.05, 0) is 30.0 Å². The van der Waals surface area contributed by atoms with E-state index in [1.807, 2.05) is 12.1 Å². The molecule has 0 radical (unpaired) electrons. The van der Waals surface area contributed by atoms with Gasteiger partial charge >= 0.3 is 0 Å². The van der Waals surface area contributed by atoms with Gasteiger partial charge in [0.15, 0.2) is 0 Å². The van der Waals surface area contributed by atoms with Crippen molar-refractivity contribution in [3.05, 3.63) is 35.4 Å². The van der Waals surface area contributed by atoms with Crippen molar-refractivity contribution in [2.75, 3.05) is 6.54 Å². The van der Waals surface area contributed by atoms with Crippen molar-refractivity contribution in [3.8, 4) is 0 Å². The zero-order valence-electron chi connectivity index (χ0n) is 10.4. The minimum absolute atomic E-state index is 0.125. The van der Waals surface area contributed by atoms with Crippen LogP contribution >= 0.6 is 0 Å². The molecule has 2 nitrogen and oxygen atoms in total. The van der Waals surface area contributed by atoms with E-state index < -0.39 is 0 Å². The molecule has 2 heteroatoms. The average Bonchev–Trinajstić information content (AvgIpc) is 2.30. The average molecular weight is 221 g/mol. The molecule has 2 N–H and O–H groups in total. The fourth-order valence-corrected chi connectivity index (χ4v) is 1.90. The molecule has 1 unspecified atom stereocenters. The second-order valence-corrected chi connectivity index (χ2v) is 4.50. The second-order valence-electron chi connectivity index (χ2n) is 4.50. The highest BCUT2D eigenvalue weighted by molar-refractivity contribution is 5.22. The Morgan fingerprint density at radius 2 is 2.06 bits per heavy atom. The molecule has 1 aromatic carbocycles. The second kappa shape index (κ2) is 7.42. The Morgan fingerprint density at radius 1 is 1.31 bits per heavy atom. The molecule has 0 aliphatic carbocycles. The van der Waals surface area contributed by atoms with Crippen LogP contribution in [0.2, 0.25) is 0 Å². The van der Waals surface area contributed by atoms with E-state index in [0.29, 0.717) is 0 Å². The monoisotopic (exact) mass is 221 g/mol. The summed E-state index contributed by atoms with van der Waals surface area (Å²) in [6.45, 7) is 6.58. The molecule has 0 spiro atoms. The molecule has 1 aromatic rings. The SMILES string of the molecule is CCCC(C)CNCc1cccc(CO)c1. The molecule has 0 aliphatic heterocycles. The Labute approximate surface area is 98.7 Å². The third-order valence-electron chi connectivity index (χ3n) is 2.78. The Morgan fingerprint density at radius 3 is 2.75 bits per heavy atom. The number of rotatable bonds is 7. The highest BCUT2D eigenvalue weighted by atomic mass is 16.3. The topological polar surface area (TPSA) is 32.3 Å². The van der Waals surface area contributed by atoms with E-state index in [-0.39, 0.29) is 6.61 Å². The van der Waals surface area contributed by atoms with Gasteiger partial charge < -0.3 is 10.4 Å². The first-order valence-corrected chi connectivity index (χ1v) is 6.15. The maximum atomic E-state index is 9.03. The quantitative estimate of drug-likeness (QED) is 0.742. The number of nitrogens with one attached hydrogen (secondary N) is 1. The van der Waals surface area contributed by atoms with E-state index >= 15 is 0 Å². The van der Waals surface area contributed by atoms with Crippen molar-refractivity contribution >= 4 is 0 Å². The van der Waals surface area contributed by atoms with Crippen LogP contribution in [-0.2, 0) is 13.2 Å². The van der Waals surface area contributed by atoms with Crippen molar-refractivity contribution < 1.29 is 5.11 Å². The van der Waals surface area contributed by atoms with E-state index in [1.165, 1.54) is 18.4 Å². The van der Waals surface area contributed by atoms with Gasteiger partial charge in [0.25, 0.3) is 0 Å². The third-order valence-corrected chi connectivity index (χ3v) is 2.78. The van der Waals surface area contributed by atoms with Gasteiger partial charge in [0.2, 0.25) is 0 Å². The van der Waals surface area contributed by atoms with E-state index in [2.05, 4.69) is 31.3 Å². The van der Waals surface area contributed by atoms with Crippen molar-refractivity contribution in [3.63, 3.8) is 0 Å². The van der Waals surface area contributed by atoms with Crippen LogP contribution in [-0.4, -0.2) is 11.7 Å². The normalized spacial score (nSPS) is 12.7. The summed E-state index contributed by atoms with van der Waals surface area (Å²) in [5.41, 5.74) is 2.23. The summed E-state index contributed by atoms with van der Waals surface area (Å²) in [5.74, 6) is 0.742. The predicted octanol–water partition coefficient (Wildman–Crippen LogP) is 2.70. The van der Waals surface area contributed by atoms with E-state index in [0.717, 1.165) is 24.6 Å². The number of aliphatic hydroxyl groups excluding tert-OH is 1. The Bertz CT molecular complexity index is 299. The Hall–Kier alpha value is -0.860. The largest absolute Gasteiger partial charge is 0.392 e. The summed E-state index contributed by atoms with van der Waals surface area (Å²) >= 11 is 0. The first-order chi connectivity index (χ1) is 7.76. The molecule has 0 amide bonds. The molecule has 0 fully saturated rings. The molecule has 0 saturated carbocycles. The number of hydrogen-bond donors (Lipinski definition) is 2. The van der Waals surface area contributed by atoms with Crippen LogP contribution in [0, 0.1) is 5.92 Å². The van der Waals surface area contributed by atoms with E-state index in [9.17, 15) is 0 Å². The molecule has 0 aromatic heterocycles. The van der Waals surface area contributed by atoms with E-state index in [4.69, 9.17) is 5.11 Å².